The Morgan fingerprint density at radius 1 is 1.32 bits per heavy atom. The molecule has 0 atom stereocenters. The van der Waals surface area contributed by atoms with Crippen molar-refractivity contribution >= 4 is 17.5 Å². The van der Waals surface area contributed by atoms with Crippen molar-refractivity contribution < 1.29 is 18.8 Å². The Kier molecular flexibility index (Phi) is 4.24. The smallest absolute Gasteiger partial charge is 0.278 e. The van der Waals surface area contributed by atoms with E-state index in [1.165, 1.54) is 0 Å². The van der Waals surface area contributed by atoms with Gasteiger partial charge in [-0.25, -0.2) is 0 Å². The third-order valence-corrected chi connectivity index (χ3v) is 3.41. The van der Waals surface area contributed by atoms with Crippen LogP contribution < -0.4 is 15.0 Å². The summed E-state index contributed by atoms with van der Waals surface area (Å²) in [7, 11) is 1.55. The maximum absolute atomic E-state index is 12.2. The van der Waals surface area contributed by atoms with E-state index in [1.807, 2.05) is 17.0 Å². The van der Waals surface area contributed by atoms with Crippen LogP contribution in [0.3, 0.4) is 0 Å². The monoisotopic (exact) mass is 303 g/mol. The summed E-state index contributed by atoms with van der Waals surface area (Å²) < 4.78 is 15.7. The fraction of sp³-hybridized carbons (Fsp3) is 0.333. The van der Waals surface area contributed by atoms with Crippen molar-refractivity contribution in [1.29, 1.82) is 0 Å². The lowest BCUT2D eigenvalue weighted by molar-refractivity contribution is 0.101. The zero-order chi connectivity index (χ0) is 15.4. The molecule has 1 N–H and O–H groups in total. The summed E-state index contributed by atoms with van der Waals surface area (Å²) >= 11 is 0. The summed E-state index contributed by atoms with van der Waals surface area (Å²) in [5, 5.41) is 6.60. The Morgan fingerprint density at radius 3 is 2.86 bits per heavy atom. The minimum absolute atomic E-state index is 0.229. The lowest BCUT2D eigenvalue weighted by Crippen LogP contribution is -2.35. The summed E-state index contributed by atoms with van der Waals surface area (Å²) in [5.41, 5.74) is 0.818. The van der Waals surface area contributed by atoms with Crippen LogP contribution in [0, 0.1) is 0 Å². The van der Waals surface area contributed by atoms with Crippen LogP contribution in [0.2, 0.25) is 0 Å². The first-order chi connectivity index (χ1) is 10.8. The highest BCUT2D eigenvalue weighted by molar-refractivity contribution is 6.04. The second-order valence-corrected chi connectivity index (χ2v) is 4.80. The van der Waals surface area contributed by atoms with Gasteiger partial charge in [-0.1, -0.05) is 17.3 Å². The Bertz CT molecular complexity index is 650. The van der Waals surface area contributed by atoms with E-state index in [0.717, 1.165) is 13.1 Å². The van der Waals surface area contributed by atoms with E-state index in [2.05, 4.69) is 10.5 Å². The number of morpholine rings is 1. The second kappa shape index (κ2) is 6.48. The number of rotatable bonds is 4. The topological polar surface area (TPSA) is 76.8 Å². The standard InChI is InChI=1S/C15H17N3O4/c1-20-13-5-3-2-4-11(13)16-15(19)12-10-14(22-17-12)18-6-8-21-9-7-18/h2-5,10H,6-9H2,1H3,(H,16,19). The highest BCUT2D eigenvalue weighted by Crippen LogP contribution is 2.24. The van der Waals surface area contributed by atoms with Crippen LogP contribution >= 0.6 is 0 Å². The molecule has 1 amide bonds. The van der Waals surface area contributed by atoms with E-state index < -0.39 is 0 Å². The van der Waals surface area contributed by atoms with Crippen molar-refractivity contribution in [2.24, 2.45) is 0 Å². The number of methoxy groups -OCH3 is 1. The molecule has 1 fully saturated rings. The van der Waals surface area contributed by atoms with Crippen molar-refractivity contribution in [2.45, 2.75) is 0 Å². The molecule has 2 aromatic rings. The molecule has 3 rings (SSSR count). The maximum atomic E-state index is 12.2. The predicted octanol–water partition coefficient (Wildman–Crippen LogP) is 1.77. The van der Waals surface area contributed by atoms with Gasteiger partial charge < -0.3 is 24.2 Å². The Labute approximate surface area is 127 Å². The van der Waals surface area contributed by atoms with E-state index in [4.69, 9.17) is 14.0 Å². The van der Waals surface area contributed by atoms with E-state index in [0.29, 0.717) is 30.5 Å². The summed E-state index contributed by atoms with van der Waals surface area (Å²) in [4.78, 5) is 14.2. The van der Waals surface area contributed by atoms with Gasteiger partial charge in [0.1, 0.15) is 5.75 Å². The number of carbonyl (C=O) groups is 1. The van der Waals surface area contributed by atoms with Gasteiger partial charge in [0.25, 0.3) is 5.91 Å². The fourth-order valence-corrected chi connectivity index (χ4v) is 2.24. The van der Waals surface area contributed by atoms with Gasteiger partial charge in [-0.15, -0.1) is 0 Å². The van der Waals surface area contributed by atoms with Crippen LogP contribution in [0.4, 0.5) is 11.6 Å². The van der Waals surface area contributed by atoms with Crippen molar-refractivity contribution in [1.82, 2.24) is 5.16 Å². The largest absolute Gasteiger partial charge is 0.495 e. The molecule has 1 aliphatic heterocycles. The van der Waals surface area contributed by atoms with Gasteiger partial charge in [-0.05, 0) is 12.1 Å². The van der Waals surface area contributed by atoms with Gasteiger partial charge in [-0.2, -0.15) is 0 Å². The number of para-hydroxylation sites is 2. The molecule has 0 saturated carbocycles. The van der Waals surface area contributed by atoms with E-state index in [9.17, 15) is 4.79 Å². The number of anilines is 2. The first-order valence-corrected chi connectivity index (χ1v) is 7.01. The summed E-state index contributed by atoms with van der Waals surface area (Å²) in [6, 6.07) is 8.83. The lowest BCUT2D eigenvalue weighted by atomic mass is 10.2. The molecule has 2 heterocycles. The average molecular weight is 303 g/mol. The van der Waals surface area contributed by atoms with E-state index in [1.54, 1.807) is 25.3 Å². The fourth-order valence-electron chi connectivity index (χ4n) is 2.24. The van der Waals surface area contributed by atoms with Crippen LogP contribution in [0.15, 0.2) is 34.9 Å². The Balaban J connectivity index is 1.71. The van der Waals surface area contributed by atoms with Crippen LogP contribution in [0.25, 0.3) is 0 Å². The SMILES string of the molecule is COc1ccccc1NC(=O)c1cc(N2CCOCC2)on1. The second-order valence-electron chi connectivity index (χ2n) is 4.80. The van der Waals surface area contributed by atoms with Crippen molar-refractivity contribution in [3.63, 3.8) is 0 Å². The van der Waals surface area contributed by atoms with Crippen molar-refractivity contribution in [2.75, 3.05) is 43.6 Å². The molecule has 1 aromatic heterocycles. The normalized spacial score (nSPS) is 14.7. The maximum Gasteiger partial charge on any atom is 0.278 e. The molecule has 116 valence electrons. The predicted molar refractivity (Wildman–Crippen MR) is 80.5 cm³/mol. The zero-order valence-electron chi connectivity index (χ0n) is 12.2. The van der Waals surface area contributed by atoms with Gasteiger partial charge >= 0.3 is 0 Å². The van der Waals surface area contributed by atoms with Crippen LogP contribution in [-0.4, -0.2) is 44.5 Å². The molecule has 1 aromatic carbocycles. The number of nitrogens with zero attached hydrogens (tertiary/aromatic N) is 2. The van der Waals surface area contributed by atoms with Gasteiger partial charge in [0, 0.05) is 19.2 Å². The molecular weight excluding hydrogens is 286 g/mol. The summed E-state index contributed by atoms with van der Waals surface area (Å²) in [6.07, 6.45) is 0. The lowest BCUT2D eigenvalue weighted by Gasteiger charge is -2.25. The van der Waals surface area contributed by atoms with E-state index in [-0.39, 0.29) is 11.6 Å². The number of hydrogen-bond acceptors (Lipinski definition) is 6. The summed E-state index contributed by atoms with van der Waals surface area (Å²) in [6.45, 7) is 2.73. The number of benzene rings is 1. The summed E-state index contributed by atoms with van der Waals surface area (Å²) in [5.74, 6) is 0.828. The molecule has 22 heavy (non-hydrogen) atoms. The van der Waals surface area contributed by atoms with Crippen LogP contribution in [0.1, 0.15) is 10.5 Å². The van der Waals surface area contributed by atoms with Gasteiger partial charge in [0.2, 0.25) is 5.88 Å². The number of ether oxygens (including phenoxy) is 2. The van der Waals surface area contributed by atoms with Gasteiger partial charge in [0.15, 0.2) is 5.69 Å². The van der Waals surface area contributed by atoms with Crippen LogP contribution in [0.5, 0.6) is 5.75 Å². The number of hydrogen-bond donors (Lipinski definition) is 1. The highest BCUT2D eigenvalue weighted by Gasteiger charge is 2.19. The molecule has 0 bridgehead atoms. The number of carbonyl (C=O) groups excluding carboxylic acids is 1. The minimum Gasteiger partial charge on any atom is -0.495 e. The van der Waals surface area contributed by atoms with Crippen molar-refractivity contribution in [3.05, 3.63) is 36.0 Å². The number of amides is 1. The zero-order valence-corrected chi connectivity index (χ0v) is 12.2. The quantitative estimate of drug-likeness (QED) is 0.927. The average Bonchev–Trinajstić information content (AvgIpc) is 3.06. The Hall–Kier alpha value is -2.54. The third kappa shape index (κ3) is 3.04. The molecule has 0 spiro atoms. The first-order valence-electron chi connectivity index (χ1n) is 7.01. The Morgan fingerprint density at radius 2 is 2.09 bits per heavy atom. The minimum atomic E-state index is -0.340. The van der Waals surface area contributed by atoms with Crippen LogP contribution in [-0.2, 0) is 4.74 Å². The highest BCUT2D eigenvalue weighted by atomic mass is 16.5. The molecule has 0 radical (unpaired) electrons. The molecule has 1 saturated heterocycles. The molecule has 0 aliphatic carbocycles. The molecule has 1 aliphatic rings. The van der Waals surface area contributed by atoms with Gasteiger partial charge in [0.05, 0.1) is 26.0 Å². The third-order valence-electron chi connectivity index (χ3n) is 3.41. The number of aromatic nitrogens is 1. The van der Waals surface area contributed by atoms with E-state index >= 15 is 0 Å². The molecule has 7 heteroatoms. The van der Waals surface area contributed by atoms with Gasteiger partial charge in [-0.3, -0.25) is 4.79 Å². The molecule has 0 unspecified atom stereocenters. The molecule has 7 nitrogen and oxygen atoms in total. The first kappa shape index (κ1) is 14.4. The molecular formula is C15H17N3O4. The van der Waals surface area contributed by atoms with Crippen molar-refractivity contribution in [3.8, 4) is 5.75 Å². The number of nitrogens with one attached hydrogen (secondary N) is 1.